The van der Waals surface area contributed by atoms with Crippen molar-refractivity contribution in [1.29, 1.82) is 0 Å². The summed E-state index contributed by atoms with van der Waals surface area (Å²) in [4.78, 5) is 14.8. The van der Waals surface area contributed by atoms with E-state index in [1.54, 1.807) is 4.90 Å². The average molecular weight is 519 g/mol. The van der Waals surface area contributed by atoms with Crippen LogP contribution in [0, 0.1) is 0 Å². The number of rotatable bonds is 7. The van der Waals surface area contributed by atoms with E-state index in [9.17, 15) is 13.2 Å². The van der Waals surface area contributed by atoms with Gasteiger partial charge in [0, 0.05) is 24.2 Å². The SMILES string of the molecule is CCN(C(=O)CSc1nnc(-c2ccc(C(C)(C)C)cc2)n1C1CCCCC1)C1CCS(=O)(=O)C1. The molecule has 1 aromatic carbocycles. The molecule has 2 heterocycles. The van der Waals surface area contributed by atoms with E-state index in [0.29, 0.717) is 19.0 Å². The molecule has 1 amide bonds. The minimum atomic E-state index is -3.04. The molecule has 0 spiro atoms. The Balaban J connectivity index is 1.55. The predicted molar refractivity (Wildman–Crippen MR) is 141 cm³/mol. The van der Waals surface area contributed by atoms with Crippen molar-refractivity contribution < 1.29 is 13.2 Å². The van der Waals surface area contributed by atoms with Gasteiger partial charge in [-0.1, -0.05) is 76.1 Å². The van der Waals surface area contributed by atoms with Crippen molar-refractivity contribution in [2.75, 3.05) is 23.8 Å². The lowest BCUT2D eigenvalue weighted by atomic mass is 9.86. The molecule has 1 saturated carbocycles. The molecule has 1 aliphatic heterocycles. The third kappa shape index (κ3) is 6.10. The summed E-state index contributed by atoms with van der Waals surface area (Å²) in [5, 5.41) is 9.88. The van der Waals surface area contributed by atoms with Crippen molar-refractivity contribution in [3.05, 3.63) is 29.8 Å². The minimum Gasteiger partial charge on any atom is -0.338 e. The molecule has 1 atom stereocenters. The summed E-state index contributed by atoms with van der Waals surface area (Å²) in [7, 11) is -3.04. The second-order valence-corrected chi connectivity index (χ2v) is 14.0. The fraction of sp³-hybridized carbons (Fsp3) is 0.654. The minimum absolute atomic E-state index is 0.0334. The van der Waals surface area contributed by atoms with Crippen LogP contribution in [0.5, 0.6) is 0 Å². The lowest BCUT2D eigenvalue weighted by molar-refractivity contribution is -0.129. The van der Waals surface area contributed by atoms with Gasteiger partial charge in [-0.25, -0.2) is 8.42 Å². The summed E-state index contributed by atoms with van der Waals surface area (Å²) < 4.78 is 26.1. The van der Waals surface area contributed by atoms with E-state index < -0.39 is 9.84 Å². The number of aromatic nitrogens is 3. The van der Waals surface area contributed by atoms with E-state index in [4.69, 9.17) is 0 Å². The van der Waals surface area contributed by atoms with Crippen molar-refractivity contribution in [3.8, 4) is 11.4 Å². The van der Waals surface area contributed by atoms with Crippen LogP contribution in [-0.4, -0.2) is 63.8 Å². The van der Waals surface area contributed by atoms with Crippen LogP contribution < -0.4 is 0 Å². The Bertz CT molecular complexity index is 1130. The Hall–Kier alpha value is -1.87. The Morgan fingerprint density at radius 3 is 2.34 bits per heavy atom. The molecule has 9 heteroatoms. The van der Waals surface area contributed by atoms with E-state index >= 15 is 0 Å². The third-order valence-electron chi connectivity index (χ3n) is 7.25. The molecule has 2 fully saturated rings. The largest absolute Gasteiger partial charge is 0.338 e. The van der Waals surface area contributed by atoms with Crippen molar-refractivity contribution in [2.24, 2.45) is 0 Å². The van der Waals surface area contributed by atoms with Gasteiger partial charge in [0.1, 0.15) is 0 Å². The Kier molecular flexibility index (Phi) is 7.95. The second kappa shape index (κ2) is 10.6. The van der Waals surface area contributed by atoms with E-state index in [1.807, 2.05) is 6.92 Å². The molecule has 0 N–H and O–H groups in total. The van der Waals surface area contributed by atoms with Gasteiger partial charge in [0.15, 0.2) is 20.8 Å². The first-order valence-electron chi connectivity index (χ1n) is 12.8. The van der Waals surface area contributed by atoms with Crippen molar-refractivity contribution in [1.82, 2.24) is 19.7 Å². The van der Waals surface area contributed by atoms with Gasteiger partial charge < -0.3 is 4.90 Å². The zero-order valence-corrected chi connectivity index (χ0v) is 23.0. The van der Waals surface area contributed by atoms with Crippen LogP contribution in [0.25, 0.3) is 11.4 Å². The first-order valence-corrected chi connectivity index (χ1v) is 15.6. The van der Waals surface area contributed by atoms with Gasteiger partial charge in [0.2, 0.25) is 5.91 Å². The van der Waals surface area contributed by atoms with Crippen molar-refractivity contribution in [2.45, 2.75) is 88.9 Å². The van der Waals surface area contributed by atoms with Gasteiger partial charge in [-0.15, -0.1) is 10.2 Å². The lowest BCUT2D eigenvalue weighted by Crippen LogP contribution is -2.42. The summed E-state index contributed by atoms with van der Waals surface area (Å²) >= 11 is 1.42. The Labute approximate surface area is 214 Å². The quantitative estimate of drug-likeness (QED) is 0.486. The summed E-state index contributed by atoms with van der Waals surface area (Å²) in [6, 6.07) is 8.70. The van der Waals surface area contributed by atoms with Gasteiger partial charge in [-0.05, 0) is 37.2 Å². The molecule has 1 unspecified atom stereocenters. The maximum Gasteiger partial charge on any atom is 0.233 e. The number of carbonyl (C=O) groups is 1. The maximum absolute atomic E-state index is 13.1. The van der Waals surface area contributed by atoms with Crippen LogP contribution in [-0.2, 0) is 20.0 Å². The average Bonchev–Trinajstić information content (AvgIpc) is 3.41. The first-order chi connectivity index (χ1) is 16.6. The topological polar surface area (TPSA) is 85.2 Å². The maximum atomic E-state index is 13.1. The zero-order valence-electron chi connectivity index (χ0n) is 21.4. The van der Waals surface area contributed by atoms with Crippen LogP contribution in [0.3, 0.4) is 0 Å². The molecule has 7 nitrogen and oxygen atoms in total. The van der Waals surface area contributed by atoms with E-state index in [2.05, 4.69) is 59.8 Å². The molecule has 1 aliphatic carbocycles. The first kappa shape index (κ1) is 26.2. The zero-order chi connectivity index (χ0) is 25.2. The van der Waals surface area contributed by atoms with Gasteiger partial charge >= 0.3 is 0 Å². The fourth-order valence-electron chi connectivity index (χ4n) is 5.23. The summed E-state index contributed by atoms with van der Waals surface area (Å²) in [5.41, 5.74) is 2.40. The molecule has 4 rings (SSSR count). The lowest BCUT2D eigenvalue weighted by Gasteiger charge is -2.27. The molecular formula is C26H38N4O3S2. The van der Waals surface area contributed by atoms with Gasteiger partial charge in [-0.3, -0.25) is 9.36 Å². The van der Waals surface area contributed by atoms with Crippen LogP contribution in [0.4, 0.5) is 0 Å². The highest BCUT2D eigenvalue weighted by molar-refractivity contribution is 7.99. The standard InChI is InChI=1S/C26H38N4O3S2/c1-5-29(22-15-16-35(32,33)18-22)23(31)17-34-25-28-27-24(30(25)21-9-7-6-8-10-21)19-11-13-20(14-12-19)26(2,3)4/h11-14,21-22H,5-10,15-18H2,1-4H3. The molecule has 2 aromatic rings. The molecule has 192 valence electrons. The second-order valence-electron chi connectivity index (χ2n) is 10.8. The van der Waals surface area contributed by atoms with Crippen LogP contribution >= 0.6 is 11.8 Å². The van der Waals surface area contributed by atoms with Gasteiger partial charge in [0.25, 0.3) is 0 Å². The van der Waals surface area contributed by atoms with Crippen LogP contribution in [0.15, 0.2) is 29.4 Å². The van der Waals surface area contributed by atoms with E-state index in [-0.39, 0.29) is 34.6 Å². The molecule has 35 heavy (non-hydrogen) atoms. The number of amides is 1. The number of hydrogen-bond acceptors (Lipinski definition) is 6. The summed E-state index contributed by atoms with van der Waals surface area (Å²) in [5.74, 6) is 1.31. The number of sulfone groups is 1. The van der Waals surface area contributed by atoms with Crippen LogP contribution in [0.1, 0.15) is 77.8 Å². The van der Waals surface area contributed by atoms with Crippen molar-refractivity contribution in [3.63, 3.8) is 0 Å². The van der Waals surface area contributed by atoms with E-state index in [1.165, 1.54) is 36.6 Å². The highest BCUT2D eigenvalue weighted by Crippen LogP contribution is 2.36. The van der Waals surface area contributed by atoms with Gasteiger partial charge in [0.05, 0.1) is 17.3 Å². The number of hydrogen-bond donors (Lipinski definition) is 0. The Morgan fingerprint density at radius 2 is 1.77 bits per heavy atom. The monoisotopic (exact) mass is 518 g/mol. The number of thioether (sulfide) groups is 1. The molecule has 1 saturated heterocycles. The number of carbonyl (C=O) groups excluding carboxylic acids is 1. The Morgan fingerprint density at radius 1 is 1.09 bits per heavy atom. The third-order valence-corrected chi connectivity index (χ3v) is 9.93. The smallest absolute Gasteiger partial charge is 0.233 e. The summed E-state index contributed by atoms with van der Waals surface area (Å²) in [6.07, 6.45) is 6.34. The summed E-state index contributed by atoms with van der Waals surface area (Å²) in [6.45, 7) is 9.05. The van der Waals surface area contributed by atoms with Gasteiger partial charge in [-0.2, -0.15) is 0 Å². The number of benzene rings is 1. The van der Waals surface area contributed by atoms with Crippen molar-refractivity contribution >= 4 is 27.5 Å². The molecule has 2 aliphatic rings. The van der Waals surface area contributed by atoms with Crippen LogP contribution in [0.2, 0.25) is 0 Å². The molecular weight excluding hydrogens is 480 g/mol. The normalized spacial score (nSPS) is 20.7. The molecule has 1 aromatic heterocycles. The number of nitrogens with zero attached hydrogens (tertiary/aromatic N) is 4. The molecule has 0 bridgehead atoms. The highest BCUT2D eigenvalue weighted by atomic mass is 32.2. The van der Waals surface area contributed by atoms with E-state index in [0.717, 1.165) is 29.4 Å². The molecule has 0 radical (unpaired) electrons. The predicted octanol–water partition coefficient (Wildman–Crippen LogP) is 4.88. The fourth-order valence-corrected chi connectivity index (χ4v) is 7.85. The highest BCUT2D eigenvalue weighted by Gasteiger charge is 2.34.